The zero-order chi connectivity index (χ0) is 15.4. The Morgan fingerprint density at radius 3 is 2.77 bits per heavy atom. The quantitative estimate of drug-likeness (QED) is 0.831. The van der Waals surface area contributed by atoms with Crippen LogP contribution in [0.2, 0.25) is 0 Å². The molecule has 1 fully saturated rings. The molecule has 2 aliphatic rings. The van der Waals surface area contributed by atoms with Gasteiger partial charge in [-0.2, -0.15) is 0 Å². The van der Waals surface area contributed by atoms with Crippen LogP contribution in [0.25, 0.3) is 0 Å². The van der Waals surface area contributed by atoms with Crippen molar-refractivity contribution in [3.8, 4) is 0 Å². The molecule has 6 nitrogen and oxygen atoms in total. The summed E-state index contributed by atoms with van der Waals surface area (Å²) in [7, 11) is 0. The highest BCUT2D eigenvalue weighted by molar-refractivity contribution is 5.65. The summed E-state index contributed by atoms with van der Waals surface area (Å²) >= 11 is 0. The molecule has 0 bridgehead atoms. The smallest absolute Gasteiger partial charge is 0.407 e. The molecule has 2 aliphatic heterocycles. The van der Waals surface area contributed by atoms with Gasteiger partial charge in [0, 0.05) is 31.4 Å². The van der Waals surface area contributed by atoms with Gasteiger partial charge < -0.3 is 20.1 Å². The summed E-state index contributed by atoms with van der Waals surface area (Å²) in [6.07, 6.45) is 1.93. The van der Waals surface area contributed by atoms with Crippen LogP contribution in [0, 0.1) is 0 Å². The van der Waals surface area contributed by atoms with E-state index in [1.54, 1.807) is 0 Å². The number of ether oxygens (including phenoxy) is 1. The van der Waals surface area contributed by atoms with Gasteiger partial charge in [-0.25, -0.2) is 4.79 Å². The fraction of sp³-hybridized carbons (Fsp3) is 0.562. The standard InChI is InChI=1S/C16H23N3O3/c20-16(21)18-9-6-14(7-10-18)19-8-5-13-3-1-2-4-15(13)17-11-22-12-19/h1-4,14,17H,5-12H2,(H,20,21). The first kappa shape index (κ1) is 15.1. The van der Waals surface area contributed by atoms with Crippen LogP contribution in [-0.2, 0) is 11.2 Å². The molecule has 0 saturated carbocycles. The Morgan fingerprint density at radius 1 is 1.23 bits per heavy atom. The number of benzene rings is 1. The summed E-state index contributed by atoms with van der Waals surface area (Å²) in [5.74, 6) is 0. The second-order valence-electron chi connectivity index (χ2n) is 5.87. The van der Waals surface area contributed by atoms with Crippen molar-refractivity contribution in [1.29, 1.82) is 0 Å². The topological polar surface area (TPSA) is 65.0 Å². The largest absolute Gasteiger partial charge is 0.465 e. The fourth-order valence-electron chi connectivity index (χ4n) is 3.24. The molecule has 0 aromatic heterocycles. The number of nitrogens with one attached hydrogen (secondary N) is 1. The predicted octanol–water partition coefficient (Wildman–Crippen LogP) is 2.03. The highest BCUT2D eigenvalue weighted by Gasteiger charge is 2.27. The summed E-state index contributed by atoms with van der Waals surface area (Å²) in [6.45, 7) is 3.27. The van der Waals surface area contributed by atoms with Crippen LogP contribution in [0.15, 0.2) is 24.3 Å². The maximum Gasteiger partial charge on any atom is 0.407 e. The molecule has 0 aliphatic carbocycles. The van der Waals surface area contributed by atoms with E-state index in [1.165, 1.54) is 10.5 Å². The Morgan fingerprint density at radius 2 is 2.00 bits per heavy atom. The van der Waals surface area contributed by atoms with E-state index in [-0.39, 0.29) is 0 Å². The number of fused-ring (bicyclic) bond motifs is 1. The van der Waals surface area contributed by atoms with Gasteiger partial charge in [0.05, 0.1) is 0 Å². The molecule has 1 amide bonds. The number of carboxylic acid groups (broad SMARTS) is 1. The minimum Gasteiger partial charge on any atom is -0.465 e. The molecular formula is C16H23N3O3. The van der Waals surface area contributed by atoms with E-state index in [0.29, 0.717) is 32.6 Å². The van der Waals surface area contributed by atoms with Crippen molar-refractivity contribution in [1.82, 2.24) is 9.80 Å². The number of hydrogen-bond donors (Lipinski definition) is 2. The highest BCUT2D eigenvalue weighted by atomic mass is 16.5. The predicted molar refractivity (Wildman–Crippen MR) is 83.9 cm³/mol. The Balaban J connectivity index is 1.62. The lowest BCUT2D eigenvalue weighted by atomic mass is 10.0. The third-order valence-corrected chi connectivity index (χ3v) is 4.56. The minimum atomic E-state index is -0.808. The Hall–Kier alpha value is -1.79. The maximum atomic E-state index is 11.0. The molecule has 2 N–H and O–H groups in total. The average Bonchev–Trinajstić information content (AvgIpc) is 2.65. The first-order valence-electron chi connectivity index (χ1n) is 7.85. The van der Waals surface area contributed by atoms with Gasteiger partial charge in [-0.1, -0.05) is 18.2 Å². The molecule has 3 rings (SSSR count). The maximum absolute atomic E-state index is 11.0. The number of nitrogens with zero attached hydrogens (tertiary/aromatic N) is 2. The lowest BCUT2D eigenvalue weighted by molar-refractivity contribution is -0.00240. The van der Waals surface area contributed by atoms with Crippen molar-refractivity contribution < 1.29 is 14.6 Å². The van der Waals surface area contributed by atoms with Crippen molar-refractivity contribution in [2.24, 2.45) is 0 Å². The molecule has 120 valence electrons. The van der Waals surface area contributed by atoms with Crippen LogP contribution in [0.5, 0.6) is 0 Å². The number of hydrogen-bond acceptors (Lipinski definition) is 4. The Bertz CT molecular complexity index is 515. The van der Waals surface area contributed by atoms with Crippen LogP contribution in [0.1, 0.15) is 18.4 Å². The third kappa shape index (κ3) is 3.51. The second kappa shape index (κ2) is 6.98. The van der Waals surface area contributed by atoms with E-state index in [4.69, 9.17) is 9.84 Å². The molecule has 0 spiro atoms. The summed E-state index contributed by atoms with van der Waals surface area (Å²) in [5.41, 5.74) is 2.45. The van der Waals surface area contributed by atoms with E-state index in [0.717, 1.165) is 31.5 Å². The van der Waals surface area contributed by atoms with E-state index >= 15 is 0 Å². The first-order chi connectivity index (χ1) is 10.7. The first-order valence-corrected chi connectivity index (χ1v) is 7.85. The van der Waals surface area contributed by atoms with Gasteiger partial charge in [0.2, 0.25) is 0 Å². The van der Waals surface area contributed by atoms with Crippen LogP contribution >= 0.6 is 0 Å². The van der Waals surface area contributed by atoms with Crippen molar-refractivity contribution in [2.75, 3.05) is 38.4 Å². The summed E-state index contributed by atoms with van der Waals surface area (Å²) < 4.78 is 5.74. The SMILES string of the molecule is O=C(O)N1CCC(N2CCc3ccccc3NCOC2)CC1. The molecule has 6 heteroatoms. The van der Waals surface area contributed by atoms with Crippen molar-refractivity contribution in [3.05, 3.63) is 29.8 Å². The van der Waals surface area contributed by atoms with Crippen LogP contribution in [0.3, 0.4) is 0 Å². The number of carbonyl (C=O) groups is 1. The van der Waals surface area contributed by atoms with Gasteiger partial charge in [0.25, 0.3) is 0 Å². The van der Waals surface area contributed by atoms with Gasteiger partial charge in [-0.05, 0) is 30.9 Å². The molecule has 22 heavy (non-hydrogen) atoms. The zero-order valence-corrected chi connectivity index (χ0v) is 12.7. The monoisotopic (exact) mass is 305 g/mol. The number of piperidine rings is 1. The van der Waals surface area contributed by atoms with E-state index in [2.05, 4.69) is 28.4 Å². The zero-order valence-electron chi connectivity index (χ0n) is 12.7. The van der Waals surface area contributed by atoms with Crippen molar-refractivity contribution in [3.63, 3.8) is 0 Å². The summed E-state index contributed by atoms with van der Waals surface area (Å²) in [6, 6.07) is 8.73. The highest BCUT2D eigenvalue weighted by Crippen LogP contribution is 2.21. The minimum absolute atomic E-state index is 0.404. The van der Waals surface area contributed by atoms with E-state index in [9.17, 15) is 4.79 Å². The number of anilines is 1. The van der Waals surface area contributed by atoms with Crippen LogP contribution in [-0.4, -0.2) is 60.1 Å². The van der Waals surface area contributed by atoms with Crippen LogP contribution in [0.4, 0.5) is 10.5 Å². The lowest BCUT2D eigenvalue weighted by Gasteiger charge is -2.37. The molecule has 0 unspecified atom stereocenters. The molecular weight excluding hydrogens is 282 g/mol. The molecule has 0 radical (unpaired) electrons. The van der Waals surface area contributed by atoms with E-state index < -0.39 is 6.09 Å². The number of likely N-dealkylation sites (tertiary alicyclic amines) is 1. The fourth-order valence-corrected chi connectivity index (χ4v) is 3.24. The average molecular weight is 305 g/mol. The summed E-state index contributed by atoms with van der Waals surface area (Å²) in [5, 5.41) is 12.4. The third-order valence-electron chi connectivity index (χ3n) is 4.56. The number of amides is 1. The number of rotatable bonds is 1. The Kier molecular flexibility index (Phi) is 4.80. The van der Waals surface area contributed by atoms with Crippen LogP contribution < -0.4 is 5.32 Å². The second-order valence-corrected chi connectivity index (χ2v) is 5.87. The van der Waals surface area contributed by atoms with Gasteiger partial charge in [-0.3, -0.25) is 4.90 Å². The number of para-hydroxylation sites is 1. The normalized spacial score (nSPS) is 21.2. The van der Waals surface area contributed by atoms with Gasteiger partial charge in [-0.15, -0.1) is 0 Å². The lowest BCUT2D eigenvalue weighted by Crippen LogP contribution is -2.47. The molecule has 1 aromatic carbocycles. The van der Waals surface area contributed by atoms with Crippen molar-refractivity contribution >= 4 is 11.8 Å². The molecule has 0 atom stereocenters. The molecule has 1 saturated heterocycles. The molecule has 1 aromatic rings. The van der Waals surface area contributed by atoms with Gasteiger partial charge >= 0.3 is 6.09 Å². The van der Waals surface area contributed by atoms with E-state index in [1.807, 2.05) is 6.07 Å². The Labute approximate surface area is 130 Å². The summed E-state index contributed by atoms with van der Waals surface area (Å²) in [4.78, 5) is 14.9. The van der Waals surface area contributed by atoms with Gasteiger partial charge in [0.15, 0.2) is 0 Å². The van der Waals surface area contributed by atoms with Crippen molar-refractivity contribution in [2.45, 2.75) is 25.3 Å². The molecule has 2 heterocycles. The van der Waals surface area contributed by atoms with Gasteiger partial charge in [0.1, 0.15) is 13.5 Å².